The molecule has 0 saturated carbocycles. The number of hydrogen-bond acceptors (Lipinski definition) is 6. The van der Waals surface area contributed by atoms with Crippen molar-refractivity contribution in [3.63, 3.8) is 0 Å². The van der Waals surface area contributed by atoms with E-state index in [1.807, 2.05) is 37.3 Å². The molecule has 2 fully saturated rings. The van der Waals surface area contributed by atoms with Gasteiger partial charge in [0.25, 0.3) is 0 Å². The molecule has 1 spiro atoms. The third-order valence-electron chi connectivity index (χ3n) is 5.82. The highest BCUT2D eigenvalue weighted by Gasteiger charge is 2.40. The molecule has 3 heterocycles. The number of nitrogens with zero attached hydrogens (tertiary/aromatic N) is 3. The fraction of sp³-hybridized carbons (Fsp3) is 0.571. The molecule has 2 aromatic rings. The van der Waals surface area contributed by atoms with Crippen molar-refractivity contribution in [1.82, 2.24) is 14.2 Å². The van der Waals surface area contributed by atoms with E-state index >= 15 is 0 Å². The van der Waals surface area contributed by atoms with Crippen molar-refractivity contribution in [3.05, 3.63) is 52.0 Å². The molecule has 4 rings (SSSR count). The van der Waals surface area contributed by atoms with Crippen LogP contribution in [0.15, 0.2) is 35.7 Å². The summed E-state index contributed by atoms with van der Waals surface area (Å²) in [5.74, 6) is 0.0665. The van der Waals surface area contributed by atoms with E-state index in [-0.39, 0.29) is 11.4 Å². The summed E-state index contributed by atoms with van der Waals surface area (Å²) < 4.78 is 33.8. The SMILES string of the molecule is Cc1nc(CN2CCO[C@@]3(CCCN(S(=O)(=O)Cc4ccccc4)CC3)C2)cs1. The van der Waals surface area contributed by atoms with E-state index in [1.165, 1.54) is 0 Å². The molecule has 2 aliphatic rings. The van der Waals surface area contributed by atoms with Gasteiger partial charge in [-0.1, -0.05) is 30.3 Å². The molecule has 1 aromatic carbocycles. The first-order valence-electron chi connectivity index (χ1n) is 10.2. The summed E-state index contributed by atoms with van der Waals surface area (Å²) in [7, 11) is -3.32. The number of rotatable bonds is 5. The van der Waals surface area contributed by atoms with Crippen molar-refractivity contribution in [2.45, 2.75) is 44.1 Å². The number of benzene rings is 1. The molecular weight excluding hydrogens is 406 g/mol. The van der Waals surface area contributed by atoms with Crippen LogP contribution in [0.4, 0.5) is 0 Å². The van der Waals surface area contributed by atoms with Crippen LogP contribution in [-0.4, -0.2) is 61.0 Å². The summed E-state index contributed by atoms with van der Waals surface area (Å²) in [5.41, 5.74) is 1.70. The topological polar surface area (TPSA) is 62.7 Å². The maximum atomic E-state index is 13.0. The van der Waals surface area contributed by atoms with Crippen molar-refractivity contribution >= 4 is 21.4 Å². The Bertz CT molecular complexity index is 916. The van der Waals surface area contributed by atoms with Gasteiger partial charge in [0.2, 0.25) is 10.0 Å². The first-order chi connectivity index (χ1) is 13.9. The molecular formula is C21H29N3O3S2. The maximum absolute atomic E-state index is 13.0. The molecule has 0 bridgehead atoms. The van der Waals surface area contributed by atoms with Crippen molar-refractivity contribution in [1.29, 1.82) is 0 Å². The van der Waals surface area contributed by atoms with Crippen LogP contribution in [0, 0.1) is 6.92 Å². The van der Waals surface area contributed by atoms with Crippen LogP contribution in [-0.2, 0) is 27.1 Å². The second-order valence-corrected chi connectivity index (χ2v) is 11.1. The van der Waals surface area contributed by atoms with Gasteiger partial charge in [0, 0.05) is 38.1 Å². The summed E-state index contributed by atoms with van der Waals surface area (Å²) in [6, 6.07) is 9.43. The second-order valence-electron chi connectivity index (χ2n) is 8.09. The van der Waals surface area contributed by atoms with Crippen molar-refractivity contribution in [3.8, 4) is 0 Å². The van der Waals surface area contributed by atoms with Gasteiger partial charge in [-0.3, -0.25) is 4.90 Å². The second kappa shape index (κ2) is 8.81. The normalized spacial score (nSPS) is 24.6. The largest absolute Gasteiger partial charge is 0.372 e. The fourth-order valence-electron chi connectivity index (χ4n) is 4.37. The van der Waals surface area contributed by atoms with E-state index < -0.39 is 10.0 Å². The molecule has 8 heteroatoms. The lowest BCUT2D eigenvalue weighted by atomic mass is 9.92. The monoisotopic (exact) mass is 435 g/mol. The lowest BCUT2D eigenvalue weighted by molar-refractivity contribution is -0.117. The quantitative estimate of drug-likeness (QED) is 0.722. The molecule has 29 heavy (non-hydrogen) atoms. The van der Waals surface area contributed by atoms with E-state index in [0.29, 0.717) is 19.7 Å². The van der Waals surface area contributed by atoms with Gasteiger partial charge >= 0.3 is 0 Å². The molecule has 1 aromatic heterocycles. The Balaban J connectivity index is 1.39. The number of ether oxygens (including phenoxy) is 1. The van der Waals surface area contributed by atoms with E-state index in [2.05, 4.69) is 15.3 Å². The van der Waals surface area contributed by atoms with Crippen LogP contribution >= 0.6 is 11.3 Å². The third-order valence-corrected chi connectivity index (χ3v) is 8.49. The van der Waals surface area contributed by atoms with E-state index in [9.17, 15) is 8.42 Å². The minimum Gasteiger partial charge on any atom is -0.372 e. The van der Waals surface area contributed by atoms with Crippen LogP contribution in [0.1, 0.15) is 35.5 Å². The van der Waals surface area contributed by atoms with Gasteiger partial charge < -0.3 is 4.74 Å². The molecule has 6 nitrogen and oxygen atoms in total. The summed E-state index contributed by atoms with van der Waals surface area (Å²) in [4.78, 5) is 7.00. The average Bonchev–Trinajstić information content (AvgIpc) is 2.98. The molecule has 2 aliphatic heterocycles. The lowest BCUT2D eigenvalue weighted by Gasteiger charge is -2.42. The lowest BCUT2D eigenvalue weighted by Crippen LogP contribution is -2.52. The Morgan fingerprint density at radius 1 is 1.17 bits per heavy atom. The predicted octanol–water partition coefficient (Wildman–Crippen LogP) is 3.04. The van der Waals surface area contributed by atoms with Crippen molar-refractivity contribution < 1.29 is 13.2 Å². The zero-order valence-corrected chi connectivity index (χ0v) is 18.6. The molecule has 0 radical (unpaired) electrons. The van der Waals surface area contributed by atoms with Crippen LogP contribution in [0.5, 0.6) is 0 Å². The number of aryl methyl sites for hydroxylation is 1. The molecule has 0 amide bonds. The Kier molecular flexibility index (Phi) is 6.36. The Hall–Kier alpha value is -1.32. The standard InChI is InChI=1S/C21H29N3O3S2/c1-18-22-20(15-28-18)14-23-12-13-27-21(17-23)8-5-10-24(11-9-21)29(25,26)16-19-6-3-2-4-7-19/h2-4,6-7,15H,5,8-14,16-17H2,1H3/t21-/m1/s1. The zero-order chi connectivity index (χ0) is 20.3. The van der Waals surface area contributed by atoms with Gasteiger partial charge in [-0.2, -0.15) is 0 Å². The number of hydrogen-bond donors (Lipinski definition) is 0. The van der Waals surface area contributed by atoms with E-state index in [4.69, 9.17) is 4.74 Å². The van der Waals surface area contributed by atoms with E-state index in [1.54, 1.807) is 15.6 Å². The van der Waals surface area contributed by atoms with Gasteiger partial charge in [0.15, 0.2) is 0 Å². The Morgan fingerprint density at radius 2 is 2.00 bits per heavy atom. The minimum absolute atomic E-state index is 0.0665. The summed E-state index contributed by atoms with van der Waals surface area (Å²) in [5, 5.41) is 3.22. The summed E-state index contributed by atoms with van der Waals surface area (Å²) >= 11 is 1.68. The van der Waals surface area contributed by atoms with Crippen molar-refractivity contribution in [2.24, 2.45) is 0 Å². The molecule has 0 aliphatic carbocycles. The third kappa shape index (κ3) is 5.24. The van der Waals surface area contributed by atoms with E-state index in [0.717, 1.165) is 55.2 Å². The predicted molar refractivity (Wildman–Crippen MR) is 115 cm³/mol. The van der Waals surface area contributed by atoms with Crippen LogP contribution < -0.4 is 0 Å². The first-order valence-corrected chi connectivity index (χ1v) is 12.7. The highest BCUT2D eigenvalue weighted by atomic mass is 32.2. The fourth-order valence-corrected chi connectivity index (χ4v) is 6.54. The molecule has 1 atom stereocenters. The van der Waals surface area contributed by atoms with Crippen LogP contribution in [0.3, 0.4) is 0 Å². The molecule has 158 valence electrons. The van der Waals surface area contributed by atoms with Gasteiger partial charge in [0.05, 0.1) is 28.7 Å². The maximum Gasteiger partial charge on any atom is 0.218 e. The number of thiazole rings is 1. The molecule has 0 unspecified atom stereocenters. The van der Waals surface area contributed by atoms with Gasteiger partial charge in [0.1, 0.15) is 0 Å². The first kappa shape index (κ1) is 20.9. The number of sulfonamides is 1. The van der Waals surface area contributed by atoms with Crippen LogP contribution in [0.25, 0.3) is 0 Å². The highest BCUT2D eigenvalue weighted by Crippen LogP contribution is 2.32. The number of aromatic nitrogens is 1. The number of morpholine rings is 1. The van der Waals surface area contributed by atoms with Crippen LogP contribution in [0.2, 0.25) is 0 Å². The molecule has 0 N–H and O–H groups in total. The smallest absolute Gasteiger partial charge is 0.218 e. The summed E-state index contributed by atoms with van der Waals surface area (Å²) in [6.45, 7) is 6.41. The molecule has 2 saturated heterocycles. The summed E-state index contributed by atoms with van der Waals surface area (Å²) in [6.07, 6.45) is 2.47. The zero-order valence-electron chi connectivity index (χ0n) is 16.9. The Morgan fingerprint density at radius 3 is 2.76 bits per heavy atom. The van der Waals surface area contributed by atoms with Gasteiger partial charge in [-0.25, -0.2) is 17.7 Å². The average molecular weight is 436 g/mol. The Labute approximate surface area is 177 Å². The van der Waals surface area contributed by atoms with Gasteiger partial charge in [-0.15, -0.1) is 11.3 Å². The van der Waals surface area contributed by atoms with Crippen molar-refractivity contribution in [2.75, 3.05) is 32.8 Å². The van der Waals surface area contributed by atoms with Gasteiger partial charge in [-0.05, 0) is 31.7 Å². The minimum atomic E-state index is -3.32. The highest BCUT2D eigenvalue weighted by molar-refractivity contribution is 7.88.